The number of nitrogens with zero attached hydrogens (tertiary/aromatic N) is 1. The van der Waals surface area contributed by atoms with Crippen LogP contribution >= 0.6 is 46.6 Å². The largest absolute Gasteiger partial charge is 0.352 e. The third-order valence-corrected chi connectivity index (χ3v) is 6.69. The molecule has 0 aromatic heterocycles. The lowest BCUT2D eigenvalue weighted by molar-refractivity contribution is -0.138. The van der Waals surface area contributed by atoms with Crippen LogP contribution in [0.15, 0.2) is 47.4 Å². The van der Waals surface area contributed by atoms with Crippen molar-refractivity contribution in [3.63, 3.8) is 0 Å². The summed E-state index contributed by atoms with van der Waals surface area (Å²) in [5.41, 5.74) is 0.619. The number of carbonyl (C=O) groups is 2. The molecule has 0 heterocycles. The van der Waals surface area contributed by atoms with E-state index in [0.29, 0.717) is 20.6 Å². The quantitative estimate of drug-likeness (QED) is 0.437. The molecule has 0 unspecified atom stereocenters. The fourth-order valence-corrected chi connectivity index (χ4v) is 4.09. The summed E-state index contributed by atoms with van der Waals surface area (Å²) in [5.74, 6) is -0.222. The van der Waals surface area contributed by atoms with Gasteiger partial charge in [0, 0.05) is 38.1 Å². The maximum absolute atomic E-state index is 13.1. The van der Waals surface area contributed by atoms with Crippen molar-refractivity contribution in [1.29, 1.82) is 0 Å². The van der Waals surface area contributed by atoms with Gasteiger partial charge in [0.05, 0.1) is 5.75 Å². The Labute approximate surface area is 197 Å². The van der Waals surface area contributed by atoms with Crippen LogP contribution in [0.1, 0.15) is 32.8 Å². The Balaban J connectivity index is 2.21. The monoisotopic (exact) mass is 486 g/mol. The number of hydrogen-bond acceptors (Lipinski definition) is 3. The number of thioether (sulfide) groups is 1. The fraction of sp³-hybridized carbons (Fsp3) is 0.364. The van der Waals surface area contributed by atoms with Crippen LogP contribution in [0.25, 0.3) is 0 Å². The van der Waals surface area contributed by atoms with E-state index in [0.717, 1.165) is 11.3 Å². The van der Waals surface area contributed by atoms with E-state index in [1.54, 1.807) is 37.3 Å². The molecule has 162 valence electrons. The number of hydrogen-bond donors (Lipinski definition) is 1. The fourth-order valence-electron chi connectivity index (χ4n) is 2.66. The van der Waals surface area contributed by atoms with Gasteiger partial charge < -0.3 is 10.2 Å². The third-order valence-electron chi connectivity index (χ3n) is 4.73. The smallest absolute Gasteiger partial charge is 0.242 e. The van der Waals surface area contributed by atoms with Gasteiger partial charge in [-0.1, -0.05) is 47.8 Å². The highest BCUT2D eigenvalue weighted by Gasteiger charge is 2.28. The molecule has 0 fully saturated rings. The van der Waals surface area contributed by atoms with Crippen molar-refractivity contribution in [3.8, 4) is 0 Å². The van der Waals surface area contributed by atoms with Gasteiger partial charge in [0.2, 0.25) is 11.8 Å². The van der Waals surface area contributed by atoms with Gasteiger partial charge in [-0.15, -0.1) is 11.8 Å². The minimum atomic E-state index is -0.676. The first-order valence-corrected chi connectivity index (χ1v) is 11.8. The molecule has 0 aliphatic rings. The van der Waals surface area contributed by atoms with Crippen LogP contribution in [0.5, 0.6) is 0 Å². The molecule has 0 aliphatic heterocycles. The average molecular weight is 488 g/mol. The van der Waals surface area contributed by atoms with Crippen molar-refractivity contribution in [3.05, 3.63) is 63.1 Å². The van der Waals surface area contributed by atoms with Gasteiger partial charge in [-0.05, 0) is 56.7 Å². The van der Waals surface area contributed by atoms with Crippen LogP contribution in [0.3, 0.4) is 0 Å². The molecule has 2 aromatic carbocycles. The molecule has 0 radical (unpaired) electrons. The molecule has 2 amide bonds. The Morgan fingerprint density at radius 3 is 2.20 bits per heavy atom. The van der Waals surface area contributed by atoms with Crippen LogP contribution < -0.4 is 5.32 Å². The van der Waals surface area contributed by atoms with Gasteiger partial charge in [-0.3, -0.25) is 9.59 Å². The molecule has 0 saturated carbocycles. The van der Waals surface area contributed by atoms with Crippen LogP contribution in [-0.4, -0.2) is 34.6 Å². The van der Waals surface area contributed by atoms with E-state index in [1.165, 1.54) is 16.7 Å². The van der Waals surface area contributed by atoms with Crippen LogP contribution in [0.2, 0.25) is 15.1 Å². The standard InChI is InChI=1S/C22H25Cl3N2O2S/c1-4-14(2)26-22(29)15(3)27(12-18-19(24)6-5-7-20(18)25)21(28)13-30-17-10-8-16(23)9-11-17/h5-11,14-15H,4,12-13H2,1-3H3,(H,26,29)/t14-,15-/m0/s1. The van der Waals surface area contributed by atoms with E-state index in [1.807, 2.05) is 26.0 Å². The third kappa shape index (κ3) is 7.09. The van der Waals surface area contributed by atoms with Crippen molar-refractivity contribution in [2.24, 2.45) is 0 Å². The lowest BCUT2D eigenvalue weighted by Crippen LogP contribution is -2.50. The first-order chi connectivity index (χ1) is 14.2. The molecular formula is C22H25Cl3N2O2S. The lowest BCUT2D eigenvalue weighted by Gasteiger charge is -2.30. The van der Waals surface area contributed by atoms with Gasteiger partial charge in [0.15, 0.2) is 0 Å². The minimum absolute atomic E-state index is 0.0178. The summed E-state index contributed by atoms with van der Waals surface area (Å²) in [6.45, 7) is 5.78. The zero-order valence-electron chi connectivity index (χ0n) is 17.1. The predicted octanol–water partition coefficient (Wildman–Crippen LogP) is 6.07. The molecule has 0 spiro atoms. The van der Waals surface area contributed by atoms with E-state index in [9.17, 15) is 9.59 Å². The van der Waals surface area contributed by atoms with Crippen LogP contribution in [0, 0.1) is 0 Å². The second kappa shape index (κ2) is 11.8. The van der Waals surface area contributed by atoms with Crippen molar-refractivity contribution in [2.75, 3.05) is 5.75 Å². The van der Waals surface area contributed by atoms with E-state index in [4.69, 9.17) is 34.8 Å². The maximum Gasteiger partial charge on any atom is 0.242 e. The van der Waals surface area contributed by atoms with E-state index in [2.05, 4.69) is 5.32 Å². The summed E-state index contributed by atoms with van der Waals surface area (Å²) in [7, 11) is 0. The zero-order chi connectivity index (χ0) is 22.3. The lowest BCUT2D eigenvalue weighted by atomic mass is 10.1. The second-order valence-corrected chi connectivity index (χ2v) is 9.26. The Hall–Kier alpha value is -1.40. The van der Waals surface area contributed by atoms with Gasteiger partial charge in [0.1, 0.15) is 6.04 Å². The summed E-state index contributed by atoms with van der Waals surface area (Å²) >= 11 is 19.9. The highest BCUT2D eigenvalue weighted by Crippen LogP contribution is 2.27. The van der Waals surface area contributed by atoms with Crippen molar-refractivity contribution in [2.45, 2.75) is 50.7 Å². The summed E-state index contributed by atoms with van der Waals surface area (Å²) in [4.78, 5) is 28.3. The number of halogens is 3. The minimum Gasteiger partial charge on any atom is -0.352 e. The number of carbonyl (C=O) groups excluding carboxylic acids is 2. The molecule has 0 bridgehead atoms. The number of rotatable bonds is 9. The van der Waals surface area contributed by atoms with Crippen molar-refractivity contribution >= 4 is 58.4 Å². The predicted molar refractivity (Wildman–Crippen MR) is 127 cm³/mol. The highest BCUT2D eigenvalue weighted by molar-refractivity contribution is 8.00. The molecule has 8 heteroatoms. The molecule has 2 atom stereocenters. The molecule has 4 nitrogen and oxygen atoms in total. The Kier molecular flexibility index (Phi) is 9.82. The van der Waals surface area contributed by atoms with E-state index < -0.39 is 6.04 Å². The van der Waals surface area contributed by atoms with E-state index >= 15 is 0 Å². The molecule has 2 rings (SSSR count). The average Bonchev–Trinajstić information content (AvgIpc) is 2.72. The molecule has 0 saturated heterocycles. The Morgan fingerprint density at radius 1 is 1.03 bits per heavy atom. The van der Waals surface area contributed by atoms with E-state index in [-0.39, 0.29) is 30.2 Å². The number of benzene rings is 2. The Morgan fingerprint density at radius 2 is 1.63 bits per heavy atom. The Bertz CT molecular complexity index is 857. The van der Waals surface area contributed by atoms with Crippen LogP contribution in [0.4, 0.5) is 0 Å². The summed E-state index contributed by atoms with van der Waals surface area (Å²) in [6.07, 6.45) is 0.801. The molecular weight excluding hydrogens is 463 g/mol. The molecule has 2 aromatic rings. The maximum atomic E-state index is 13.1. The van der Waals surface area contributed by atoms with Crippen LogP contribution in [-0.2, 0) is 16.1 Å². The molecule has 0 aliphatic carbocycles. The number of nitrogens with one attached hydrogen (secondary N) is 1. The van der Waals surface area contributed by atoms with Gasteiger partial charge in [0.25, 0.3) is 0 Å². The summed E-state index contributed by atoms with van der Waals surface area (Å²) < 4.78 is 0. The first kappa shape index (κ1) is 24.9. The summed E-state index contributed by atoms with van der Waals surface area (Å²) in [6, 6.07) is 11.8. The van der Waals surface area contributed by atoms with Gasteiger partial charge in [-0.25, -0.2) is 0 Å². The molecule has 30 heavy (non-hydrogen) atoms. The van der Waals surface area contributed by atoms with Crippen molar-refractivity contribution in [1.82, 2.24) is 10.2 Å². The van der Waals surface area contributed by atoms with Crippen molar-refractivity contribution < 1.29 is 9.59 Å². The molecule has 1 N–H and O–H groups in total. The first-order valence-electron chi connectivity index (χ1n) is 9.64. The SMILES string of the molecule is CC[C@H](C)NC(=O)[C@H](C)N(Cc1c(Cl)cccc1Cl)C(=O)CSc1ccc(Cl)cc1. The van der Waals surface area contributed by atoms with Gasteiger partial charge in [-0.2, -0.15) is 0 Å². The number of amides is 2. The normalized spacial score (nSPS) is 12.9. The summed E-state index contributed by atoms with van der Waals surface area (Å²) in [5, 5.41) is 4.49. The zero-order valence-corrected chi connectivity index (χ0v) is 20.2. The highest BCUT2D eigenvalue weighted by atomic mass is 35.5. The van der Waals surface area contributed by atoms with Gasteiger partial charge >= 0.3 is 0 Å². The second-order valence-electron chi connectivity index (χ2n) is 6.96. The topological polar surface area (TPSA) is 49.4 Å².